The molecule has 1 aliphatic heterocycles. The third-order valence-electron chi connectivity index (χ3n) is 4.17. The molecule has 2 N–H and O–H groups in total. The Balaban J connectivity index is 0.00000264. The van der Waals surface area contributed by atoms with E-state index in [4.69, 9.17) is 9.47 Å². The Morgan fingerprint density at radius 3 is 2.65 bits per heavy atom. The summed E-state index contributed by atoms with van der Waals surface area (Å²) in [5.74, 6) is 0.896. The van der Waals surface area contributed by atoms with E-state index in [1.807, 2.05) is 31.2 Å². The van der Waals surface area contributed by atoms with Crippen molar-refractivity contribution >= 4 is 18.3 Å². The van der Waals surface area contributed by atoms with Crippen LogP contribution in [0.1, 0.15) is 24.8 Å². The second-order valence-corrected chi connectivity index (χ2v) is 5.67. The number of nitrogens with one attached hydrogen (secondary N) is 2. The van der Waals surface area contributed by atoms with Gasteiger partial charge < -0.3 is 20.1 Å². The molecular weight excluding hydrogens is 316 g/mol. The van der Waals surface area contributed by atoms with Crippen LogP contribution >= 0.6 is 12.4 Å². The number of aryl methyl sites for hydroxylation is 1. The van der Waals surface area contributed by atoms with Crippen LogP contribution in [0.25, 0.3) is 0 Å². The fraction of sp³-hybridized carbons (Fsp3) is 0.588. The van der Waals surface area contributed by atoms with E-state index in [0.29, 0.717) is 13.2 Å². The van der Waals surface area contributed by atoms with Crippen LogP contribution < -0.4 is 15.4 Å². The van der Waals surface area contributed by atoms with Crippen LogP contribution in [-0.4, -0.2) is 44.9 Å². The molecule has 0 unspecified atom stereocenters. The van der Waals surface area contributed by atoms with Gasteiger partial charge in [0.1, 0.15) is 11.4 Å². The number of benzene rings is 1. The first-order valence-electron chi connectivity index (χ1n) is 7.90. The molecule has 130 valence electrons. The molecule has 0 bridgehead atoms. The summed E-state index contributed by atoms with van der Waals surface area (Å²) in [7, 11) is 1.62. The minimum atomic E-state index is -0.665. The van der Waals surface area contributed by atoms with Crippen molar-refractivity contribution in [2.24, 2.45) is 0 Å². The highest BCUT2D eigenvalue weighted by atomic mass is 35.5. The molecule has 1 aromatic carbocycles. The Bertz CT molecular complexity index is 490. The van der Waals surface area contributed by atoms with Crippen LogP contribution in [0.15, 0.2) is 24.3 Å². The summed E-state index contributed by atoms with van der Waals surface area (Å²) in [6, 6.07) is 7.94. The SMILES string of the molecule is COC1(C(=O)NCCCOc2ccccc2C)CCNCC1.Cl. The minimum absolute atomic E-state index is 0. The molecule has 1 aromatic rings. The van der Waals surface area contributed by atoms with Gasteiger partial charge in [-0.3, -0.25) is 4.79 Å². The van der Waals surface area contributed by atoms with Crippen molar-refractivity contribution in [3.05, 3.63) is 29.8 Å². The molecule has 0 aromatic heterocycles. The van der Waals surface area contributed by atoms with Gasteiger partial charge in [-0.1, -0.05) is 18.2 Å². The maximum absolute atomic E-state index is 12.3. The lowest BCUT2D eigenvalue weighted by Gasteiger charge is -2.34. The van der Waals surface area contributed by atoms with Crippen LogP contribution in [0.2, 0.25) is 0 Å². The van der Waals surface area contributed by atoms with Gasteiger partial charge in [-0.2, -0.15) is 0 Å². The van der Waals surface area contributed by atoms with Crippen LogP contribution in [0, 0.1) is 6.92 Å². The van der Waals surface area contributed by atoms with Gasteiger partial charge in [0, 0.05) is 13.7 Å². The molecule has 1 fully saturated rings. The monoisotopic (exact) mass is 342 g/mol. The Kier molecular flexibility index (Phi) is 8.37. The summed E-state index contributed by atoms with van der Waals surface area (Å²) in [6.45, 7) is 4.85. The van der Waals surface area contributed by atoms with Crippen LogP contribution in [0.4, 0.5) is 0 Å². The average Bonchev–Trinajstić information content (AvgIpc) is 2.56. The quantitative estimate of drug-likeness (QED) is 0.745. The summed E-state index contributed by atoms with van der Waals surface area (Å²) in [5, 5.41) is 6.22. The highest BCUT2D eigenvalue weighted by Gasteiger charge is 2.39. The van der Waals surface area contributed by atoms with E-state index < -0.39 is 5.60 Å². The van der Waals surface area contributed by atoms with E-state index in [2.05, 4.69) is 10.6 Å². The lowest BCUT2D eigenvalue weighted by atomic mass is 9.91. The number of piperidine rings is 1. The zero-order valence-corrected chi connectivity index (χ0v) is 14.7. The molecule has 6 heteroatoms. The molecule has 1 heterocycles. The second-order valence-electron chi connectivity index (χ2n) is 5.67. The van der Waals surface area contributed by atoms with Gasteiger partial charge in [0.15, 0.2) is 0 Å². The number of halogens is 1. The first-order chi connectivity index (χ1) is 10.7. The number of ether oxygens (including phenoxy) is 2. The van der Waals surface area contributed by atoms with Gasteiger partial charge in [-0.25, -0.2) is 0 Å². The molecular formula is C17H27ClN2O3. The smallest absolute Gasteiger partial charge is 0.252 e. The lowest BCUT2D eigenvalue weighted by molar-refractivity contribution is -0.146. The number of amides is 1. The maximum atomic E-state index is 12.3. The van der Waals surface area contributed by atoms with E-state index in [-0.39, 0.29) is 18.3 Å². The largest absolute Gasteiger partial charge is 0.493 e. The van der Waals surface area contributed by atoms with Crippen molar-refractivity contribution in [1.29, 1.82) is 0 Å². The van der Waals surface area contributed by atoms with E-state index in [0.717, 1.165) is 43.7 Å². The predicted octanol–water partition coefficient (Wildman–Crippen LogP) is 2.07. The van der Waals surface area contributed by atoms with Gasteiger partial charge in [-0.15, -0.1) is 12.4 Å². The van der Waals surface area contributed by atoms with Crippen molar-refractivity contribution in [2.45, 2.75) is 31.8 Å². The fourth-order valence-electron chi connectivity index (χ4n) is 2.69. The number of para-hydroxylation sites is 1. The molecule has 23 heavy (non-hydrogen) atoms. The van der Waals surface area contributed by atoms with E-state index in [1.54, 1.807) is 7.11 Å². The summed E-state index contributed by atoms with van der Waals surface area (Å²) in [5.41, 5.74) is 0.460. The molecule has 0 radical (unpaired) electrons. The van der Waals surface area contributed by atoms with Gasteiger partial charge in [0.2, 0.25) is 0 Å². The topological polar surface area (TPSA) is 59.6 Å². The zero-order valence-electron chi connectivity index (χ0n) is 13.9. The molecule has 1 saturated heterocycles. The summed E-state index contributed by atoms with van der Waals surface area (Å²) >= 11 is 0. The Hall–Kier alpha value is -1.30. The summed E-state index contributed by atoms with van der Waals surface area (Å²) < 4.78 is 11.2. The molecule has 0 atom stereocenters. The highest BCUT2D eigenvalue weighted by Crippen LogP contribution is 2.22. The van der Waals surface area contributed by atoms with E-state index in [9.17, 15) is 4.79 Å². The third kappa shape index (κ3) is 5.37. The number of carbonyl (C=O) groups excluding carboxylic acids is 1. The Labute approximate surface area is 144 Å². The molecule has 2 rings (SSSR count). The van der Waals surface area contributed by atoms with Gasteiger partial charge in [-0.05, 0) is 50.9 Å². The predicted molar refractivity (Wildman–Crippen MR) is 93.4 cm³/mol. The van der Waals surface area contributed by atoms with Crippen LogP contribution in [0.5, 0.6) is 5.75 Å². The Morgan fingerprint density at radius 1 is 1.30 bits per heavy atom. The van der Waals surface area contributed by atoms with Crippen LogP contribution in [0.3, 0.4) is 0 Å². The molecule has 0 saturated carbocycles. The number of hydrogen-bond acceptors (Lipinski definition) is 4. The maximum Gasteiger partial charge on any atom is 0.252 e. The van der Waals surface area contributed by atoms with E-state index >= 15 is 0 Å². The standard InChI is InChI=1S/C17H26N2O3.ClH/c1-14-6-3-4-7-15(14)22-13-5-10-19-16(20)17(21-2)8-11-18-12-9-17;/h3-4,6-7,18H,5,8-13H2,1-2H3,(H,19,20);1H. The van der Waals surface area contributed by atoms with Crippen molar-refractivity contribution < 1.29 is 14.3 Å². The van der Waals surface area contributed by atoms with Crippen molar-refractivity contribution in [1.82, 2.24) is 10.6 Å². The zero-order chi connectivity index (χ0) is 15.8. The number of methoxy groups -OCH3 is 1. The van der Waals surface area contributed by atoms with Gasteiger partial charge >= 0.3 is 0 Å². The molecule has 1 aliphatic rings. The molecule has 0 spiro atoms. The molecule has 0 aliphatic carbocycles. The molecule has 5 nitrogen and oxygen atoms in total. The number of carbonyl (C=O) groups is 1. The first kappa shape index (κ1) is 19.7. The summed E-state index contributed by atoms with van der Waals surface area (Å²) in [6.07, 6.45) is 2.21. The second kappa shape index (κ2) is 9.75. The highest BCUT2D eigenvalue weighted by molar-refractivity contribution is 5.85. The minimum Gasteiger partial charge on any atom is -0.493 e. The lowest BCUT2D eigenvalue weighted by Crippen LogP contribution is -2.54. The van der Waals surface area contributed by atoms with Crippen molar-refractivity contribution in [3.8, 4) is 5.75 Å². The normalized spacial score (nSPS) is 16.3. The third-order valence-corrected chi connectivity index (χ3v) is 4.17. The van der Waals surface area contributed by atoms with Crippen molar-refractivity contribution in [2.75, 3.05) is 33.4 Å². The van der Waals surface area contributed by atoms with Crippen molar-refractivity contribution in [3.63, 3.8) is 0 Å². The van der Waals surface area contributed by atoms with E-state index in [1.165, 1.54) is 0 Å². The van der Waals surface area contributed by atoms with Gasteiger partial charge in [0.05, 0.1) is 6.61 Å². The average molecular weight is 343 g/mol. The Morgan fingerprint density at radius 2 is 2.00 bits per heavy atom. The van der Waals surface area contributed by atoms with Gasteiger partial charge in [0.25, 0.3) is 5.91 Å². The fourth-order valence-corrected chi connectivity index (χ4v) is 2.69. The summed E-state index contributed by atoms with van der Waals surface area (Å²) in [4.78, 5) is 12.3. The van der Waals surface area contributed by atoms with Crippen LogP contribution in [-0.2, 0) is 9.53 Å². The first-order valence-corrected chi connectivity index (χ1v) is 7.90. The number of rotatable bonds is 7. The molecule has 1 amide bonds. The number of hydrogen-bond donors (Lipinski definition) is 2.